The predicted octanol–water partition coefficient (Wildman–Crippen LogP) is 4.94. The van der Waals surface area contributed by atoms with Crippen molar-refractivity contribution < 1.29 is 0 Å². The number of aromatic nitrogens is 3. The number of nitrogens with one attached hydrogen (secondary N) is 2. The monoisotopic (exact) mass is 373 g/mol. The third kappa shape index (κ3) is 5.06. The van der Waals surface area contributed by atoms with E-state index in [2.05, 4.69) is 39.9 Å². The van der Waals surface area contributed by atoms with Crippen molar-refractivity contribution in [1.82, 2.24) is 15.0 Å². The summed E-state index contributed by atoms with van der Waals surface area (Å²) >= 11 is 0. The maximum Gasteiger partial charge on any atom is 0.225 e. The lowest BCUT2D eigenvalue weighted by atomic mass is 9.96. The van der Waals surface area contributed by atoms with E-state index < -0.39 is 0 Å². The van der Waals surface area contributed by atoms with Crippen LogP contribution < -0.4 is 10.6 Å². The Labute approximate surface area is 166 Å². The van der Waals surface area contributed by atoms with Gasteiger partial charge in [-0.1, -0.05) is 49.6 Å². The number of hydrogen-bond acceptors (Lipinski definition) is 5. The molecule has 2 aromatic heterocycles. The Morgan fingerprint density at radius 2 is 1.79 bits per heavy atom. The van der Waals surface area contributed by atoms with Crippen LogP contribution in [-0.2, 0) is 6.42 Å². The molecule has 0 saturated heterocycles. The van der Waals surface area contributed by atoms with Gasteiger partial charge in [-0.15, -0.1) is 0 Å². The zero-order chi connectivity index (χ0) is 19.0. The van der Waals surface area contributed by atoms with E-state index in [9.17, 15) is 0 Å². The number of benzene rings is 1. The molecular formula is C23H27N5. The summed E-state index contributed by atoms with van der Waals surface area (Å²) in [5.41, 5.74) is 3.21. The fourth-order valence-corrected chi connectivity index (χ4v) is 3.67. The Kier molecular flexibility index (Phi) is 6.12. The van der Waals surface area contributed by atoms with Crippen molar-refractivity contribution in [2.24, 2.45) is 0 Å². The van der Waals surface area contributed by atoms with Gasteiger partial charge >= 0.3 is 0 Å². The Balaban J connectivity index is 1.51. The van der Waals surface area contributed by atoms with E-state index in [1.807, 2.05) is 30.5 Å². The van der Waals surface area contributed by atoms with Crippen LogP contribution in [0.15, 0.2) is 60.9 Å². The Bertz CT molecular complexity index is 861. The van der Waals surface area contributed by atoms with Crippen LogP contribution in [-0.4, -0.2) is 27.5 Å². The summed E-state index contributed by atoms with van der Waals surface area (Å²) in [6, 6.07) is 17.0. The van der Waals surface area contributed by atoms with E-state index in [1.165, 1.54) is 37.7 Å². The minimum absolute atomic E-state index is 0.468. The zero-order valence-electron chi connectivity index (χ0n) is 16.1. The highest BCUT2D eigenvalue weighted by atomic mass is 15.2. The minimum atomic E-state index is 0.468. The summed E-state index contributed by atoms with van der Waals surface area (Å²) in [6.45, 7) is 0.830. The second kappa shape index (κ2) is 9.31. The molecule has 0 aliphatic heterocycles. The first kappa shape index (κ1) is 18.4. The highest BCUT2D eigenvalue weighted by molar-refractivity contribution is 5.63. The first-order valence-corrected chi connectivity index (χ1v) is 10.2. The lowest BCUT2D eigenvalue weighted by molar-refractivity contribution is 0.461. The fraction of sp³-hybridized carbons (Fsp3) is 0.348. The van der Waals surface area contributed by atoms with Gasteiger partial charge < -0.3 is 10.6 Å². The molecule has 0 spiro atoms. The lowest BCUT2D eigenvalue weighted by Crippen LogP contribution is -2.24. The molecule has 1 aromatic carbocycles. The van der Waals surface area contributed by atoms with Gasteiger partial charge in [0.2, 0.25) is 5.95 Å². The van der Waals surface area contributed by atoms with Crippen LogP contribution in [0.2, 0.25) is 0 Å². The van der Waals surface area contributed by atoms with Gasteiger partial charge in [0.1, 0.15) is 5.82 Å². The molecular weight excluding hydrogens is 346 g/mol. The van der Waals surface area contributed by atoms with E-state index in [4.69, 9.17) is 9.97 Å². The van der Waals surface area contributed by atoms with Crippen molar-refractivity contribution in [1.29, 1.82) is 0 Å². The molecule has 2 heterocycles. The SMILES string of the molecule is c1ccc(CCNc2cc(-c3cccnc3)nc(NC3CCCCC3)n2)cc1. The quantitative estimate of drug-likeness (QED) is 0.614. The largest absolute Gasteiger partial charge is 0.370 e. The molecule has 0 amide bonds. The average Bonchev–Trinajstić information content (AvgIpc) is 2.76. The van der Waals surface area contributed by atoms with Gasteiger partial charge in [0.05, 0.1) is 5.69 Å². The minimum Gasteiger partial charge on any atom is -0.370 e. The van der Waals surface area contributed by atoms with Gasteiger partial charge in [-0.05, 0) is 37.0 Å². The third-order valence-corrected chi connectivity index (χ3v) is 5.18. The van der Waals surface area contributed by atoms with E-state index in [0.29, 0.717) is 12.0 Å². The summed E-state index contributed by atoms with van der Waals surface area (Å²) in [4.78, 5) is 13.7. The molecule has 0 unspecified atom stereocenters. The zero-order valence-corrected chi connectivity index (χ0v) is 16.1. The van der Waals surface area contributed by atoms with Crippen molar-refractivity contribution in [3.63, 3.8) is 0 Å². The lowest BCUT2D eigenvalue weighted by Gasteiger charge is -2.23. The molecule has 0 bridgehead atoms. The average molecular weight is 374 g/mol. The first-order chi connectivity index (χ1) is 13.9. The highest BCUT2D eigenvalue weighted by Gasteiger charge is 2.15. The molecule has 2 N–H and O–H groups in total. The molecule has 1 aliphatic rings. The number of anilines is 2. The summed E-state index contributed by atoms with van der Waals surface area (Å²) in [5, 5.41) is 7.03. The summed E-state index contributed by atoms with van der Waals surface area (Å²) in [6.07, 6.45) is 10.9. The van der Waals surface area contributed by atoms with Crippen molar-refractivity contribution in [3.8, 4) is 11.3 Å². The van der Waals surface area contributed by atoms with Gasteiger partial charge in [0.25, 0.3) is 0 Å². The normalized spacial score (nSPS) is 14.6. The smallest absolute Gasteiger partial charge is 0.225 e. The Morgan fingerprint density at radius 3 is 2.57 bits per heavy atom. The number of hydrogen-bond donors (Lipinski definition) is 2. The molecule has 4 rings (SSSR count). The van der Waals surface area contributed by atoms with Crippen molar-refractivity contribution in [2.45, 2.75) is 44.6 Å². The standard InChI is InChI=1S/C23H27N5/c1-3-8-18(9-4-1)13-15-25-22-16-21(19-10-7-14-24-17-19)27-23(28-22)26-20-11-5-2-6-12-20/h1,3-4,7-10,14,16-17,20H,2,5-6,11-13,15H2,(H2,25,26,27,28). The summed E-state index contributed by atoms with van der Waals surface area (Å²) in [7, 11) is 0. The Morgan fingerprint density at radius 1 is 0.929 bits per heavy atom. The Hall–Kier alpha value is -2.95. The van der Waals surface area contributed by atoms with Gasteiger partial charge in [0.15, 0.2) is 0 Å². The maximum absolute atomic E-state index is 4.76. The van der Waals surface area contributed by atoms with Crippen LogP contribution >= 0.6 is 0 Å². The van der Waals surface area contributed by atoms with E-state index in [0.717, 1.165) is 30.0 Å². The van der Waals surface area contributed by atoms with Gasteiger partial charge in [-0.25, -0.2) is 4.98 Å². The van der Waals surface area contributed by atoms with E-state index in [1.54, 1.807) is 6.20 Å². The molecule has 3 aromatic rings. The van der Waals surface area contributed by atoms with Crippen LogP contribution in [0.5, 0.6) is 0 Å². The maximum atomic E-state index is 4.76. The molecule has 5 nitrogen and oxygen atoms in total. The number of rotatable bonds is 7. The number of pyridine rings is 1. The van der Waals surface area contributed by atoms with Crippen LogP contribution in [0.25, 0.3) is 11.3 Å². The second-order valence-electron chi connectivity index (χ2n) is 7.35. The van der Waals surface area contributed by atoms with Crippen molar-refractivity contribution >= 4 is 11.8 Å². The van der Waals surface area contributed by atoms with Crippen LogP contribution in [0.1, 0.15) is 37.7 Å². The second-order valence-corrected chi connectivity index (χ2v) is 7.35. The molecule has 28 heavy (non-hydrogen) atoms. The van der Waals surface area contributed by atoms with Crippen molar-refractivity contribution in [2.75, 3.05) is 17.2 Å². The fourth-order valence-electron chi connectivity index (χ4n) is 3.67. The molecule has 1 fully saturated rings. The molecule has 5 heteroatoms. The summed E-state index contributed by atoms with van der Waals surface area (Å²) in [5.74, 6) is 1.55. The third-order valence-electron chi connectivity index (χ3n) is 5.18. The number of nitrogens with zero attached hydrogens (tertiary/aromatic N) is 3. The van der Waals surface area contributed by atoms with Crippen LogP contribution in [0.4, 0.5) is 11.8 Å². The highest BCUT2D eigenvalue weighted by Crippen LogP contribution is 2.24. The molecule has 0 atom stereocenters. The van der Waals surface area contributed by atoms with Crippen LogP contribution in [0, 0.1) is 0 Å². The molecule has 0 radical (unpaired) electrons. The topological polar surface area (TPSA) is 62.7 Å². The van der Waals surface area contributed by atoms with Gasteiger partial charge in [-0.3, -0.25) is 4.98 Å². The van der Waals surface area contributed by atoms with Gasteiger partial charge in [-0.2, -0.15) is 4.98 Å². The predicted molar refractivity (Wildman–Crippen MR) is 114 cm³/mol. The molecule has 1 saturated carbocycles. The van der Waals surface area contributed by atoms with E-state index in [-0.39, 0.29) is 0 Å². The van der Waals surface area contributed by atoms with Crippen LogP contribution in [0.3, 0.4) is 0 Å². The summed E-state index contributed by atoms with van der Waals surface area (Å²) < 4.78 is 0. The van der Waals surface area contributed by atoms with Crippen molar-refractivity contribution in [3.05, 3.63) is 66.5 Å². The van der Waals surface area contributed by atoms with E-state index >= 15 is 0 Å². The van der Waals surface area contributed by atoms with Gasteiger partial charge in [0, 0.05) is 36.6 Å². The molecule has 1 aliphatic carbocycles. The first-order valence-electron chi connectivity index (χ1n) is 10.2. The molecule has 144 valence electrons.